The smallest absolute Gasteiger partial charge is 0.264 e. The van der Waals surface area contributed by atoms with E-state index in [1.807, 2.05) is 57.7 Å². The van der Waals surface area contributed by atoms with E-state index in [2.05, 4.69) is 37.1 Å². The monoisotopic (exact) mass is 893 g/mol. The molecule has 1 unspecified atom stereocenters. The number of carbonyl (C=O) groups is 6. The zero-order chi connectivity index (χ0) is 47.4. The maximum atomic E-state index is 13.6. The minimum atomic E-state index is -1.06. The van der Waals surface area contributed by atoms with Crippen LogP contribution in [0, 0.1) is 19.3 Å². The highest BCUT2D eigenvalue weighted by molar-refractivity contribution is 6.25. The van der Waals surface area contributed by atoms with Gasteiger partial charge in [0.2, 0.25) is 17.7 Å². The Bertz CT molecular complexity index is 2460. The van der Waals surface area contributed by atoms with E-state index in [0.717, 1.165) is 33.5 Å². The van der Waals surface area contributed by atoms with Gasteiger partial charge in [0.1, 0.15) is 6.04 Å². The van der Waals surface area contributed by atoms with Gasteiger partial charge in [-0.1, -0.05) is 12.1 Å². The lowest BCUT2D eigenvalue weighted by molar-refractivity contribution is -0.136. The lowest BCUT2D eigenvalue weighted by Gasteiger charge is -2.27. The van der Waals surface area contributed by atoms with Crippen molar-refractivity contribution in [2.24, 2.45) is 5.73 Å². The van der Waals surface area contributed by atoms with Crippen molar-refractivity contribution in [3.05, 3.63) is 109 Å². The van der Waals surface area contributed by atoms with Gasteiger partial charge in [0.05, 0.1) is 42.1 Å². The molecule has 2 aliphatic rings. The number of fused-ring (bicyclic) bond motifs is 1. The number of benzene rings is 2. The zero-order valence-electron chi connectivity index (χ0n) is 37.7. The summed E-state index contributed by atoms with van der Waals surface area (Å²) >= 11 is 0. The summed E-state index contributed by atoms with van der Waals surface area (Å²) in [4.78, 5) is 94.6. The molecule has 0 spiro atoms. The lowest BCUT2D eigenvalue weighted by Crippen LogP contribution is -2.54. The van der Waals surface area contributed by atoms with Crippen LogP contribution >= 0.6 is 0 Å². The van der Waals surface area contributed by atoms with Gasteiger partial charge in [-0.25, -0.2) is 5.43 Å². The van der Waals surface area contributed by atoms with Gasteiger partial charge >= 0.3 is 0 Å². The number of allylic oxidation sites excluding steroid dienone is 3. The second kappa shape index (κ2) is 22.5. The number of H-pyrrole nitrogens is 1. The first-order valence-electron chi connectivity index (χ1n) is 21.5. The van der Waals surface area contributed by atoms with Crippen LogP contribution in [-0.2, 0) is 25.7 Å². The number of nitrogens with one attached hydrogen (secondary N) is 8. The van der Waals surface area contributed by atoms with Gasteiger partial charge in [-0.05, 0) is 101 Å². The molecule has 346 valence electrons. The molecule has 3 aromatic rings. The van der Waals surface area contributed by atoms with E-state index >= 15 is 0 Å². The molecule has 65 heavy (non-hydrogen) atoms. The van der Waals surface area contributed by atoms with Crippen LogP contribution in [0.5, 0.6) is 0 Å². The molecule has 1 saturated heterocycles. The van der Waals surface area contributed by atoms with Crippen molar-refractivity contribution in [2.75, 3.05) is 50.0 Å². The number of hydrazine groups is 1. The fourth-order valence-corrected chi connectivity index (χ4v) is 7.50. The second-order valence-electron chi connectivity index (χ2n) is 16.0. The number of aromatic amines is 1. The average molecular weight is 894 g/mol. The maximum absolute atomic E-state index is 13.6. The van der Waals surface area contributed by atoms with Crippen molar-refractivity contribution in [3.8, 4) is 0 Å². The number of nitrogens with zero attached hydrogens (tertiary/aromatic N) is 2. The zero-order valence-corrected chi connectivity index (χ0v) is 37.7. The molecule has 19 heteroatoms. The lowest BCUT2D eigenvalue weighted by atomic mass is 9.96. The Hall–Kier alpha value is -7.12. The number of anilines is 2. The van der Waals surface area contributed by atoms with Crippen LogP contribution in [0.4, 0.5) is 11.4 Å². The summed E-state index contributed by atoms with van der Waals surface area (Å²) in [5, 5.41) is 19.6. The standard InChI is InChI=1S/C46H59N11O8/c1-7-56(38(48)13-11-27(4)30-22-32(33(24-47)36(23-30)52-26(2)3)42(60)50-25-34-28(5)21-29(6)53-43(34)61)18-16-51-55-40(59)15-19-65-20-17-49-35-10-8-9-31-41(35)46(64)57(45(31)63)37-12-14-39(58)54-44(37)62/h8-11,13,21-24,26,37,47,49,51-52H,7,12,14-20,25,48H2,1-6H3,(H,50,60)(H,53,61)(H,55,59)(H,54,58,62)/b27-11+,38-13+,47-24?. The third-order valence-electron chi connectivity index (χ3n) is 10.9. The first-order chi connectivity index (χ1) is 31.0. The van der Waals surface area contributed by atoms with Crippen LogP contribution in [0.3, 0.4) is 0 Å². The van der Waals surface area contributed by atoms with Crippen molar-refractivity contribution in [2.45, 2.75) is 79.4 Å². The molecule has 1 fully saturated rings. The number of carbonyl (C=O) groups excluding carboxylic acids is 6. The van der Waals surface area contributed by atoms with E-state index in [1.165, 1.54) is 6.07 Å². The van der Waals surface area contributed by atoms with E-state index in [1.54, 1.807) is 31.2 Å². The maximum Gasteiger partial charge on any atom is 0.264 e. The summed E-state index contributed by atoms with van der Waals surface area (Å²) < 4.78 is 5.62. The van der Waals surface area contributed by atoms with Crippen LogP contribution in [0.1, 0.15) is 106 Å². The molecular formula is C46H59N11O8. The Labute approximate surface area is 377 Å². The second-order valence-corrected chi connectivity index (χ2v) is 16.0. The topological polar surface area (TPSA) is 273 Å². The Balaban J connectivity index is 1.07. The Kier molecular flexibility index (Phi) is 16.9. The molecule has 0 radical (unpaired) electrons. The number of aromatic nitrogens is 1. The highest BCUT2D eigenvalue weighted by Crippen LogP contribution is 2.32. The number of nitrogens with two attached hydrogens (primary N) is 1. The van der Waals surface area contributed by atoms with E-state index in [4.69, 9.17) is 15.9 Å². The van der Waals surface area contributed by atoms with Crippen molar-refractivity contribution in [1.82, 2.24) is 36.3 Å². The predicted molar refractivity (Wildman–Crippen MR) is 247 cm³/mol. The summed E-state index contributed by atoms with van der Waals surface area (Å²) in [6.45, 7) is 13.5. The molecule has 1 aromatic heterocycles. The molecule has 0 aliphatic carbocycles. The van der Waals surface area contributed by atoms with E-state index in [0.29, 0.717) is 48.0 Å². The molecule has 6 amide bonds. The normalized spacial score (nSPS) is 15.2. The van der Waals surface area contributed by atoms with Crippen molar-refractivity contribution in [3.63, 3.8) is 0 Å². The van der Waals surface area contributed by atoms with E-state index in [-0.39, 0.29) is 79.8 Å². The summed E-state index contributed by atoms with van der Waals surface area (Å²) in [5.41, 5.74) is 17.3. The number of amides is 6. The molecule has 2 aromatic carbocycles. The molecule has 0 saturated carbocycles. The van der Waals surface area contributed by atoms with Crippen LogP contribution in [0.25, 0.3) is 5.57 Å². The number of piperidine rings is 1. The van der Waals surface area contributed by atoms with E-state index in [9.17, 15) is 33.6 Å². The van der Waals surface area contributed by atoms with Crippen LogP contribution in [0.15, 0.2) is 59.2 Å². The number of hydrogen-bond donors (Lipinski definition) is 9. The Morgan fingerprint density at radius 3 is 2.49 bits per heavy atom. The van der Waals surface area contributed by atoms with Crippen molar-refractivity contribution < 1.29 is 33.5 Å². The van der Waals surface area contributed by atoms with Crippen molar-refractivity contribution >= 4 is 58.6 Å². The number of pyridine rings is 1. The summed E-state index contributed by atoms with van der Waals surface area (Å²) in [5.74, 6) is -2.55. The summed E-state index contributed by atoms with van der Waals surface area (Å²) in [6, 6.07) is 9.22. The fourth-order valence-electron chi connectivity index (χ4n) is 7.50. The average Bonchev–Trinajstić information content (AvgIpc) is 3.51. The predicted octanol–water partition coefficient (Wildman–Crippen LogP) is 2.81. The van der Waals surface area contributed by atoms with Gasteiger partial charge in [0, 0.05) is 79.6 Å². The van der Waals surface area contributed by atoms with E-state index < -0.39 is 35.6 Å². The van der Waals surface area contributed by atoms with Crippen LogP contribution < -0.4 is 43.4 Å². The third-order valence-corrected chi connectivity index (χ3v) is 10.9. The highest BCUT2D eigenvalue weighted by atomic mass is 16.5. The van der Waals surface area contributed by atoms with Gasteiger partial charge < -0.3 is 41.7 Å². The molecule has 2 aliphatic heterocycles. The van der Waals surface area contributed by atoms with Gasteiger partial charge in [-0.15, -0.1) is 0 Å². The molecular weight excluding hydrogens is 835 g/mol. The fraction of sp³-hybridized carbons (Fsp3) is 0.391. The molecule has 10 N–H and O–H groups in total. The minimum Gasteiger partial charge on any atom is -0.385 e. The van der Waals surface area contributed by atoms with Gasteiger partial charge in [0.15, 0.2) is 0 Å². The molecule has 1 atom stereocenters. The molecule has 0 bridgehead atoms. The Morgan fingerprint density at radius 2 is 1.80 bits per heavy atom. The van der Waals surface area contributed by atoms with Crippen LogP contribution in [-0.4, -0.2) is 108 Å². The number of hydrogen-bond acceptors (Lipinski definition) is 14. The quantitative estimate of drug-likeness (QED) is 0.0231. The summed E-state index contributed by atoms with van der Waals surface area (Å²) in [7, 11) is 0. The number of ether oxygens (including phenoxy) is 1. The number of likely N-dealkylation sites (N-methyl/N-ethyl adjacent to an activating group) is 1. The Morgan fingerprint density at radius 1 is 1.03 bits per heavy atom. The van der Waals surface area contributed by atoms with Crippen molar-refractivity contribution in [1.29, 1.82) is 5.41 Å². The van der Waals surface area contributed by atoms with Crippen LogP contribution in [0.2, 0.25) is 0 Å². The highest BCUT2D eigenvalue weighted by Gasteiger charge is 2.45. The largest absolute Gasteiger partial charge is 0.385 e. The minimum absolute atomic E-state index is 0.0171. The number of rotatable bonds is 22. The third kappa shape index (κ3) is 12.3. The van der Waals surface area contributed by atoms with Gasteiger partial charge in [0.25, 0.3) is 23.3 Å². The number of aryl methyl sites for hydroxylation is 2. The molecule has 3 heterocycles. The SMILES string of the molecule is CCN(CCNNC(=O)CCOCCNc1cccc2c1C(=O)N(C1CCC(=O)NC1=O)C2=O)/C(N)=C/C=C(\C)c1cc(NC(C)C)c(C=N)c(C(=O)NCc2c(C)cc(C)[nH]c2=O)c1. The van der Waals surface area contributed by atoms with Gasteiger partial charge in [-0.2, -0.15) is 0 Å². The first kappa shape index (κ1) is 48.9. The summed E-state index contributed by atoms with van der Waals surface area (Å²) in [6.07, 6.45) is 4.94. The molecule has 5 rings (SSSR count). The first-order valence-corrected chi connectivity index (χ1v) is 21.5. The van der Waals surface area contributed by atoms with Gasteiger partial charge in [-0.3, -0.25) is 49.2 Å². The number of imide groups is 2. The molecule has 19 nitrogen and oxygen atoms in total.